The number of allylic oxidation sites excluding steroid dienone is 1. The monoisotopic (exact) mass is 242 g/mol. The molecule has 1 N–H and O–H groups in total. The van der Waals surface area contributed by atoms with E-state index in [0.29, 0.717) is 0 Å². The molecule has 0 aliphatic carbocycles. The molecular weight excluding hydrogens is 216 g/mol. The van der Waals surface area contributed by atoms with Crippen molar-refractivity contribution >= 4 is 18.8 Å². The average molecular weight is 242 g/mol. The molecular formula is C13H26N2S. The van der Waals surface area contributed by atoms with Crippen molar-refractivity contribution in [3.05, 3.63) is 23.9 Å². The summed E-state index contributed by atoms with van der Waals surface area (Å²) in [5, 5.41) is 3.15. The Morgan fingerprint density at radius 1 is 1.50 bits per heavy atom. The summed E-state index contributed by atoms with van der Waals surface area (Å²) in [6.45, 7) is 13.8. The largest absolute Gasteiger partial charge is 0.303 e. The molecule has 94 valence electrons. The van der Waals surface area contributed by atoms with Gasteiger partial charge in [-0.25, -0.2) is 0 Å². The first kappa shape index (κ1) is 17.8. The maximum Gasteiger partial charge on any atom is 0.0855 e. The van der Waals surface area contributed by atoms with Crippen molar-refractivity contribution in [2.75, 3.05) is 7.05 Å². The summed E-state index contributed by atoms with van der Waals surface area (Å²) < 4.78 is 0. The Morgan fingerprint density at radius 3 is 2.31 bits per heavy atom. The highest BCUT2D eigenvalue weighted by atomic mass is 32.1. The third-order valence-electron chi connectivity index (χ3n) is 2.31. The van der Waals surface area contributed by atoms with E-state index in [9.17, 15) is 0 Å². The molecule has 0 aromatic heterocycles. The minimum absolute atomic E-state index is 0.341. The molecule has 0 aliphatic heterocycles. The minimum Gasteiger partial charge on any atom is -0.303 e. The molecule has 2 nitrogen and oxygen atoms in total. The highest BCUT2D eigenvalue weighted by Gasteiger charge is 2.22. The van der Waals surface area contributed by atoms with Crippen molar-refractivity contribution in [2.24, 2.45) is 4.99 Å². The fourth-order valence-corrected chi connectivity index (χ4v) is 1.35. The van der Waals surface area contributed by atoms with Gasteiger partial charge < -0.3 is 5.32 Å². The van der Waals surface area contributed by atoms with Gasteiger partial charge in [-0.2, -0.15) is 12.6 Å². The summed E-state index contributed by atoms with van der Waals surface area (Å²) in [7, 11) is 1.89. The van der Waals surface area contributed by atoms with Gasteiger partial charge >= 0.3 is 0 Å². The van der Waals surface area contributed by atoms with Crippen molar-refractivity contribution in [3.8, 4) is 0 Å². The standard InChI is InChI=1S/C11H20N2S.C2H6/c1-6-9(3)10(8-13-7-2)11(4,14)12-5;1-2/h7-8,12,14H,2,6H2,1,3-5H3;1-2H3/b10-9-,13-8?;. The van der Waals surface area contributed by atoms with E-state index in [2.05, 4.69) is 43.4 Å². The fourth-order valence-electron chi connectivity index (χ4n) is 1.10. The number of likely N-dealkylation sites (N-methyl/N-ethyl adjacent to an activating group) is 1. The van der Waals surface area contributed by atoms with E-state index >= 15 is 0 Å². The summed E-state index contributed by atoms with van der Waals surface area (Å²) in [6.07, 6.45) is 4.34. The van der Waals surface area contributed by atoms with Gasteiger partial charge in [0.1, 0.15) is 0 Å². The normalized spacial score (nSPS) is 15.9. The number of hydrogen-bond acceptors (Lipinski definition) is 3. The van der Waals surface area contributed by atoms with Crippen LogP contribution in [0.3, 0.4) is 0 Å². The van der Waals surface area contributed by atoms with E-state index in [-0.39, 0.29) is 4.87 Å². The Bertz CT molecular complexity index is 253. The van der Waals surface area contributed by atoms with Gasteiger partial charge in [0.15, 0.2) is 0 Å². The van der Waals surface area contributed by atoms with E-state index in [1.165, 1.54) is 11.8 Å². The average Bonchev–Trinajstić information content (AvgIpc) is 2.31. The molecule has 0 aromatic rings. The zero-order valence-electron chi connectivity index (χ0n) is 11.5. The van der Waals surface area contributed by atoms with Crippen LogP contribution in [0.2, 0.25) is 0 Å². The fraction of sp³-hybridized carbons (Fsp3) is 0.615. The quantitative estimate of drug-likeness (QED) is 0.427. The second kappa shape index (κ2) is 9.67. The number of rotatable bonds is 5. The maximum atomic E-state index is 4.55. The van der Waals surface area contributed by atoms with Crippen molar-refractivity contribution in [3.63, 3.8) is 0 Å². The van der Waals surface area contributed by atoms with Crippen molar-refractivity contribution in [1.29, 1.82) is 0 Å². The Hall–Kier alpha value is -0.540. The van der Waals surface area contributed by atoms with Gasteiger partial charge in [0.2, 0.25) is 0 Å². The number of aliphatic imine (C=N–C) groups is 1. The Kier molecular flexibility index (Phi) is 10.8. The predicted octanol–water partition coefficient (Wildman–Crippen LogP) is 3.82. The molecule has 0 amide bonds. The lowest BCUT2D eigenvalue weighted by atomic mass is 10.0. The van der Waals surface area contributed by atoms with Crippen LogP contribution in [-0.4, -0.2) is 18.1 Å². The first-order valence-electron chi connectivity index (χ1n) is 5.75. The predicted molar refractivity (Wildman–Crippen MR) is 79.5 cm³/mol. The van der Waals surface area contributed by atoms with Gasteiger partial charge in [0.25, 0.3) is 0 Å². The van der Waals surface area contributed by atoms with Crippen LogP contribution < -0.4 is 5.32 Å². The van der Waals surface area contributed by atoms with Gasteiger partial charge in [0.05, 0.1) is 4.87 Å². The Morgan fingerprint density at radius 2 is 2.00 bits per heavy atom. The Balaban J connectivity index is 0. The highest BCUT2D eigenvalue weighted by molar-refractivity contribution is 7.82. The molecule has 0 radical (unpaired) electrons. The molecule has 0 spiro atoms. The maximum absolute atomic E-state index is 4.55. The van der Waals surface area contributed by atoms with E-state index in [0.717, 1.165) is 12.0 Å². The molecule has 0 aromatic carbocycles. The summed E-state index contributed by atoms with van der Waals surface area (Å²) in [5.74, 6) is 0. The van der Waals surface area contributed by atoms with E-state index < -0.39 is 0 Å². The van der Waals surface area contributed by atoms with E-state index in [1.807, 2.05) is 34.0 Å². The smallest absolute Gasteiger partial charge is 0.0855 e. The number of nitrogens with one attached hydrogen (secondary N) is 1. The van der Waals surface area contributed by atoms with Crippen molar-refractivity contribution < 1.29 is 0 Å². The van der Waals surface area contributed by atoms with Gasteiger partial charge in [-0.3, -0.25) is 4.99 Å². The van der Waals surface area contributed by atoms with Crippen LogP contribution in [0.4, 0.5) is 0 Å². The molecule has 0 aliphatic rings. The first-order valence-corrected chi connectivity index (χ1v) is 6.19. The van der Waals surface area contributed by atoms with Crippen LogP contribution in [-0.2, 0) is 0 Å². The number of nitrogens with zero attached hydrogens (tertiary/aromatic N) is 1. The number of thiol groups is 1. The number of hydrogen-bond donors (Lipinski definition) is 2. The van der Waals surface area contributed by atoms with Gasteiger partial charge in [-0.05, 0) is 32.9 Å². The van der Waals surface area contributed by atoms with E-state index in [1.54, 1.807) is 0 Å². The molecule has 0 bridgehead atoms. The molecule has 0 fully saturated rings. The first-order chi connectivity index (χ1) is 7.49. The van der Waals surface area contributed by atoms with Gasteiger partial charge in [-0.15, -0.1) is 0 Å². The molecule has 16 heavy (non-hydrogen) atoms. The molecule has 1 unspecified atom stereocenters. The molecule has 0 saturated heterocycles. The van der Waals surface area contributed by atoms with Crippen LogP contribution >= 0.6 is 12.6 Å². The summed E-state index contributed by atoms with van der Waals surface area (Å²) in [5.41, 5.74) is 2.38. The SMILES string of the molecule is C=CN=C/C(=C(\C)CC)C(C)(S)NC.CC. The summed E-state index contributed by atoms with van der Waals surface area (Å²) in [6, 6.07) is 0. The minimum atomic E-state index is -0.341. The molecule has 0 heterocycles. The van der Waals surface area contributed by atoms with Crippen LogP contribution in [0.15, 0.2) is 28.9 Å². The lowest BCUT2D eigenvalue weighted by Gasteiger charge is -2.26. The van der Waals surface area contributed by atoms with Gasteiger partial charge in [-0.1, -0.05) is 32.9 Å². The topological polar surface area (TPSA) is 24.4 Å². The molecule has 1 atom stereocenters. The second-order valence-corrected chi connectivity index (χ2v) is 4.22. The van der Waals surface area contributed by atoms with Crippen LogP contribution in [0.25, 0.3) is 0 Å². The Labute approximate surface area is 106 Å². The zero-order chi connectivity index (χ0) is 13.2. The van der Waals surface area contributed by atoms with Crippen LogP contribution in [0.5, 0.6) is 0 Å². The van der Waals surface area contributed by atoms with Crippen molar-refractivity contribution in [1.82, 2.24) is 5.32 Å². The molecule has 3 heteroatoms. The highest BCUT2D eigenvalue weighted by Crippen LogP contribution is 2.23. The molecule has 0 rings (SSSR count). The third-order valence-corrected chi connectivity index (χ3v) is 2.77. The lowest BCUT2D eigenvalue weighted by Crippen LogP contribution is -2.37. The van der Waals surface area contributed by atoms with Gasteiger partial charge in [0, 0.05) is 12.4 Å². The van der Waals surface area contributed by atoms with Crippen molar-refractivity contribution in [2.45, 2.75) is 45.9 Å². The third kappa shape index (κ3) is 6.13. The lowest BCUT2D eigenvalue weighted by molar-refractivity contribution is 0.653. The summed E-state index contributed by atoms with van der Waals surface area (Å²) >= 11 is 4.55. The molecule has 0 saturated carbocycles. The van der Waals surface area contributed by atoms with Crippen LogP contribution in [0, 0.1) is 0 Å². The van der Waals surface area contributed by atoms with Crippen LogP contribution in [0.1, 0.15) is 41.0 Å². The second-order valence-electron chi connectivity index (χ2n) is 3.33. The van der Waals surface area contributed by atoms with E-state index in [4.69, 9.17) is 0 Å². The summed E-state index contributed by atoms with van der Waals surface area (Å²) in [4.78, 5) is 3.71. The zero-order valence-corrected chi connectivity index (χ0v) is 12.4.